The first-order valence-corrected chi connectivity index (χ1v) is 4.70. The highest BCUT2D eigenvalue weighted by Crippen LogP contribution is 2.35. The molecule has 1 fully saturated rings. The van der Waals surface area contributed by atoms with E-state index in [-0.39, 0.29) is 18.3 Å². The van der Waals surface area contributed by atoms with Gasteiger partial charge in [0, 0.05) is 12.3 Å². The molecule has 2 aliphatic rings. The fourth-order valence-corrected chi connectivity index (χ4v) is 2.32. The predicted octanol–water partition coefficient (Wildman–Crippen LogP) is 1.35. The summed E-state index contributed by atoms with van der Waals surface area (Å²) in [7, 11) is 0. The van der Waals surface area contributed by atoms with Crippen molar-refractivity contribution in [2.24, 2.45) is 11.8 Å². The Morgan fingerprint density at radius 1 is 1.42 bits per heavy atom. The van der Waals surface area contributed by atoms with Crippen LogP contribution >= 0.6 is 0 Å². The second kappa shape index (κ2) is 2.86. The lowest BCUT2D eigenvalue weighted by molar-refractivity contribution is -0.100. The first-order chi connectivity index (χ1) is 5.68. The molecule has 0 aromatic rings. The first-order valence-electron chi connectivity index (χ1n) is 4.70. The molecule has 2 heterocycles. The van der Waals surface area contributed by atoms with Crippen LogP contribution in [0.25, 0.3) is 0 Å². The molecule has 0 aromatic carbocycles. The molecule has 0 aromatic heterocycles. The molecule has 12 heavy (non-hydrogen) atoms. The average molecular weight is 168 g/mol. The van der Waals surface area contributed by atoms with Gasteiger partial charge in [0.2, 0.25) is 0 Å². The van der Waals surface area contributed by atoms with Gasteiger partial charge in [-0.2, -0.15) is 0 Å². The molecule has 4 atom stereocenters. The average Bonchev–Trinajstić information content (AvgIpc) is 2.31. The predicted molar refractivity (Wildman–Crippen MR) is 46.8 cm³/mol. The van der Waals surface area contributed by atoms with Gasteiger partial charge in [-0.1, -0.05) is 26.0 Å². The van der Waals surface area contributed by atoms with Crippen LogP contribution in [0.4, 0.5) is 0 Å². The molecule has 1 N–H and O–H groups in total. The van der Waals surface area contributed by atoms with Gasteiger partial charge in [0.05, 0.1) is 18.3 Å². The fourth-order valence-electron chi connectivity index (χ4n) is 2.32. The van der Waals surface area contributed by atoms with Crippen molar-refractivity contribution < 1.29 is 9.84 Å². The van der Waals surface area contributed by atoms with Crippen LogP contribution in [0.2, 0.25) is 0 Å². The zero-order valence-electron chi connectivity index (χ0n) is 7.60. The molecule has 0 spiro atoms. The molecule has 68 valence electrons. The van der Waals surface area contributed by atoms with Crippen LogP contribution < -0.4 is 0 Å². The van der Waals surface area contributed by atoms with E-state index in [2.05, 4.69) is 26.0 Å². The normalized spacial score (nSPS) is 45.7. The fraction of sp³-hybridized carbons (Fsp3) is 0.800. The van der Waals surface area contributed by atoms with Crippen LogP contribution in [0.15, 0.2) is 12.2 Å². The smallest absolute Gasteiger partial charge is 0.0820 e. The van der Waals surface area contributed by atoms with Crippen LogP contribution in [0.5, 0.6) is 0 Å². The van der Waals surface area contributed by atoms with Crippen LogP contribution in [0.3, 0.4) is 0 Å². The summed E-state index contributed by atoms with van der Waals surface area (Å²) in [5, 5.41) is 9.80. The lowest BCUT2D eigenvalue weighted by atomic mass is 9.83. The molecule has 2 aliphatic heterocycles. The summed E-state index contributed by atoms with van der Waals surface area (Å²) in [6.07, 6.45) is 5.12. The zero-order chi connectivity index (χ0) is 8.72. The monoisotopic (exact) mass is 168 g/mol. The van der Waals surface area contributed by atoms with Crippen molar-refractivity contribution in [3.63, 3.8) is 0 Å². The minimum atomic E-state index is -0.177. The van der Waals surface area contributed by atoms with E-state index in [1.165, 1.54) is 0 Å². The van der Waals surface area contributed by atoms with E-state index in [1.54, 1.807) is 0 Å². The number of rotatable bonds is 1. The number of ether oxygens (including phenoxy) is 1. The van der Waals surface area contributed by atoms with Gasteiger partial charge >= 0.3 is 0 Å². The molecule has 1 saturated heterocycles. The number of hydrogen-bond acceptors (Lipinski definition) is 2. The highest BCUT2D eigenvalue weighted by molar-refractivity contribution is 5.10. The number of aliphatic hydroxyl groups is 1. The Morgan fingerprint density at radius 3 is 2.83 bits per heavy atom. The molecule has 0 amide bonds. The van der Waals surface area contributed by atoms with E-state index in [0.29, 0.717) is 11.8 Å². The summed E-state index contributed by atoms with van der Waals surface area (Å²) < 4.78 is 5.67. The minimum absolute atomic E-state index is 0.166. The second-order valence-electron chi connectivity index (χ2n) is 4.15. The maximum atomic E-state index is 9.80. The van der Waals surface area contributed by atoms with Gasteiger partial charge in [-0.15, -0.1) is 0 Å². The Morgan fingerprint density at radius 2 is 2.17 bits per heavy atom. The summed E-state index contributed by atoms with van der Waals surface area (Å²) >= 11 is 0. The highest BCUT2D eigenvalue weighted by Gasteiger charge is 2.40. The summed E-state index contributed by atoms with van der Waals surface area (Å²) in [6.45, 7) is 4.29. The van der Waals surface area contributed by atoms with Crippen molar-refractivity contribution in [2.75, 3.05) is 0 Å². The molecule has 2 bridgehead atoms. The van der Waals surface area contributed by atoms with Crippen molar-refractivity contribution >= 4 is 0 Å². The lowest BCUT2D eigenvalue weighted by Gasteiger charge is -2.36. The van der Waals surface area contributed by atoms with Gasteiger partial charge in [-0.25, -0.2) is 0 Å². The minimum Gasteiger partial charge on any atom is -0.393 e. The largest absolute Gasteiger partial charge is 0.393 e. The molecule has 2 heteroatoms. The second-order valence-corrected chi connectivity index (χ2v) is 4.15. The van der Waals surface area contributed by atoms with Crippen molar-refractivity contribution in [1.82, 2.24) is 0 Å². The Hall–Kier alpha value is -0.340. The molecule has 2 rings (SSSR count). The molecular weight excluding hydrogens is 152 g/mol. The third-order valence-corrected chi connectivity index (χ3v) is 2.91. The van der Waals surface area contributed by atoms with Gasteiger partial charge in [-0.3, -0.25) is 0 Å². The maximum Gasteiger partial charge on any atom is 0.0820 e. The third kappa shape index (κ3) is 1.19. The van der Waals surface area contributed by atoms with Crippen LogP contribution in [0, 0.1) is 11.8 Å². The molecule has 2 nitrogen and oxygen atoms in total. The van der Waals surface area contributed by atoms with Crippen LogP contribution in [-0.2, 0) is 4.74 Å². The van der Waals surface area contributed by atoms with Crippen LogP contribution in [0.1, 0.15) is 20.3 Å². The molecule has 0 aliphatic carbocycles. The Bertz CT molecular complexity index is 198. The summed E-state index contributed by atoms with van der Waals surface area (Å²) in [5.74, 6) is 0.786. The highest BCUT2D eigenvalue weighted by atomic mass is 16.5. The first kappa shape index (κ1) is 8.27. The molecular formula is C10H16O2. The van der Waals surface area contributed by atoms with E-state index in [1.807, 2.05) is 0 Å². The van der Waals surface area contributed by atoms with Crippen molar-refractivity contribution in [3.8, 4) is 0 Å². The van der Waals surface area contributed by atoms with E-state index in [0.717, 1.165) is 6.42 Å². The standard InChI is InChI=1S/C10H16O2/c1-6(2)10-8(11)5-7-3-4-9(10)12-7/h3-4,6-11H,5H2,1-2H3/t7-,8+,9+,10+/m0/s1. The molecule has 0 saturated carbocycles. The summed E-state index contributed by atoms with van der Waals surface area (Å²) in [6, 6.07) is 0. The molecule has 0 unspecified atom stereocenters. The topological polar surface area (TPSA) is 29.5 Å². The number of fused-ring (bicyclic) bond motifs is 2. The molecule has 0 radical (unpaired) electrons. The third-order valence-electron chi connectivity index (χ3n) is 2.91. The Kier molecular flexibility index (Phi) is 1.97. The van der Waals surface area contributed by atoms with E-state index in [4.69, 9.17) is 4.74 Å². The van der Waals surface area contributed by atoms with Crippen LogP contribution in [-0.4, -0.2) is 23.4 Å². The van der Waals surface area contributed by atoms with Gasteiger partial charge < -0.3 is 9.84 Å². The van der Waals surface area contributed by atoms with Gasteiger partial charge in [0.25, 0.3) is 0 Å². The summed E-state index contributed by atoms with van der Waals surface area (Å²) in [4.78, 5) is 0. The SMILES string of the molecule is CC(C)[C@@H]1[C@H](O)C[C@@H]2C=C[C@H]1O2. The zero-order valence-corrected chi connectivity index (χ0v) is 7.60. The van der Waals surface area contributed by atoms with Crippen molar-refractivity contribution in [3.05, 3.63) is 12.2 Å². The van der Waals surface area contributed by atoms with Gasteiger partial charge in [0.1, 0.15) is 0 Å². The number of aliphatic hydroxyl groups excluding tert-OH is 1. The quantitative estimate of drug-likeness (QED) is 0.599. The van der Waals surface area contributed by atoms with Gasteiger partial charge in [-0.05, 0) is 5.92 Å². The van der Waals surface area contributed by atoms with E-state index in [9.17, 15) is 5.11 Å². The van der Waals surface area contributed by atoms with Crippen molar-refractivity contribution in [2.45, 2.75) is 38.6 Å². The lowest BCUT2D eigenvalue weighted by Crippen LogP contribution is -2.42. The van der Waals surface area contributed by atoms with Gasteiger partial charge in [0.15, 0.2) is 0 Å². The van der Waals surface area contributed by atoms with E-state index >= 15 is 0 Å². The Balaban J connectivity index is 2.15. The van der Waals surface area contributed by atoms with E-state index < -0.39 is 0 Å². The number of hydrogen-bond donors (Lipinski definition) is 1. The Labute approximate surface area is 73.2 Å². The maximum absolute atomic E-state index is 9.80. The van der Waals surface area contributed by atoms with Crippen molar-refractivity contribution in [1.29, 1.82) is 0 Å². The summed E-state index contributed by atoms with van der Waals surface area (Å²) in [5.41, 5.74) is 0.